The van der Waals surface area contributed by atoms with E-state index in [1.165, 1.54) is 12.2 Å². The van der Waals surface area contributed by atoms with E-state index in [2.05, 4.69) is 0 Å². The van der Waals surface area contributed by atoms with Crippen molar-refractivity contribution in [3.63, 3.8) is 0 Å². The maximum atomic E-state index is 11.4. The Balaban J connectivity index is 2.64. The van der Waals surface area contributed by atoms with Gasteiger partial charge in [0.2, 0.25) is 5.41 Å². The maximum absolute atomic E-state index is 11.4. The Hall–Kier alpha value is -2.36. The quantitative estimate of drug-likeness (QED) is 0.729. The minimum absolute atomic E-state index is 0.311. The van der Waals surface area contributed by atoms with Crippen LogP contribution in [0.5, 0.6) is 0 Å². The third-order valence-electron chi connectivity index (χ3n) is 3.05. The van der Waals surface area contributed by atoms with Gasteiger partial charge in [0.1, 0.15) is 0 Å². The van der Waals surface area contributed by atoms with Crippen LogP contribution in [0.1, 0.15) is 6.42 Å². The molecule has 0 aliphatic heterocycles. The van der Waals surface area contributed by atoms with Crippen LogP contribution >= 0.6 is 0 Å². The molecule has 0 bridgehead atoms. The average molecular weight is 244 g/mol. The van der Waals surface area contributed by atoms with Gasteiger partial charge in [0.05, 0.1) is 0 Å². The highest BCUT2D eigenvalue weighted by molar-refractivity contribution is 6.05. The Morgan fingerprint density at radius 2 is 1.67 bits per heavy atom. The molecule has 0 amide bonds. The van der Waals surface area contributed by atoms with E-state index in [0.29, 0.717) is 17.6 Å². The summed E-state index contributed by atoms with van der Waals surface area (Å²) in [5.74, 6) is -2.75. The minimum Gasteiger partial charge on any atom is -0.480 e. The van der Waals surface area contributed by atoms with Crippen molar-refractivity contribution in [1.82, 2.24) is 0 Å². The lowest BCUT2D eigenvalue weighted by molar-refractivity contribution is -0.157. The van der Waals surface area contributed by atoms with Crippen molar-refractivity contribution in [2.24, 2.45) is 5.41 Å². The second kappa shape index (κ2) is 4.49. The van der Waals surface area contributed by atoms with Crippen molar-refractivity contribution in [2.75, 3.05) is 0 Å². The zero-order valence-electron chi connectivity index (χ0n) is 9.54. The van der Waals surface area contributed by atoms with Crippen LogP contribution in [-0.4, -0.2) is 22.2 Å². The van der Waals surface area contributed by atoms with Gasteiger partial charge >= 0.3 is 11.9 Å². The molecular formula is C14H12O4. The van der Waals surface area contributed by atoms with E-state index in [9.17, 15) is 19.8 Å². The minimum atomic E-state index is -1.99. The molecule has 0 aromatic carbocycles. The maximum Gasteiger partial charge on any atom is 0.329 e. The van der Waals surface area contributed by atoms with Crippen LogP contribution in [0.3, 0.4) is 0 Å². The standard InChI is InChI=1S/C14H12O4/c15-12(16)14(13(17)18)9-5-4-8-11(14)10-6-2-1-3-7-10/h1-6,8-9H,7H2,(H,15,16)(H,17,18). The molecule has 4 heteroatoms. The molecule has 0 radical (unpaired) electrons. The summed E-state index contributed by atoms with van der Waals surface area (Å²) in [7, 11) is 0. The lowest BCUT2D eigenvalue weighted by Crippen LogP contribution is -2.40. The van der Waals surface area contributed by atoms with Gasteiger partial charge in [-0.3, -0.25) is 9.59 Å². The molecule has 2 N–H and O–H groups in total. The Labute approximate surface area is 104 Å². The summed E-state index contributed by atoms with van der Waals surface area (Å²) in [5.41, 5.74) is -0.965. The Bertz CT molecular complexity index is 530. The lowest BCUT2D eigenvalue weighted by atomic mass is 9.74. The second-order valence-electron chi connectivity index (χ2n) is 4.07. The smallest absolute Gasteiger partial charge is 0.329 e. The van der Waals surface area contributed by atoms with E-state index >= 15 is 0 Å². The summed E-state index contributed by atoms with van der Waals surface area (Å²) in [6.07, 6.45) is 13.6. The van der Waals surface area contributed by atoms with Crippen LogP contribution in [0.25, 0.3) is 0 Å². The predicted molar refractivity (Wildman–Crippen MR) is 65.9 cm³/mol. The number of aliphatic carboxylic acids is 2. The van der Waals surface area contributed by atoms with Crippen molar-refractivity contribution >= 4 is 11.9 Å². The Morgan fingerprint density at radius 3 is 2.22 bits per heavy atom. The van der Waals surface area contributed by atoms with Gasteiger partial charge in [-0.1, -0.05) is 48.6 Å². The summed E-state index contributed by atoms with van der Waals surface area (Å²) in [6.45, 7) is 0. The van der Waals surface area contributed by atoms with E-state index < -0.39 is 17.4 Å². The fraction of sp³-hybridized carbons (Fsp3) is 0.143. The molecule has 0 saturated heterocycles. The number of carboxylic acid groups (broad SMARTS) is 2. The van der Waals surface area contributed by atoms with Gasteiger partial charge in [0, 0.05) is 0 Å². The van der Waals surface area contributed by atoms with Gasteiger partial charge in [-0.2, -0.15) is 0 Å². The first kappa shape index (κ1) is 12.1. The van der Waals surface area contributed by atoms with E-state index in [1.807, 2.05) is 12.2 Å². The van der Waals surface area contributed by atoms with Crippen LogP contribution in [0, 0.1) is 5.41 Å². The predicted octanol–water partition coefficient (Wildman–Crippen LogP) is 2.08. The van der Waals surface area contributed by atoms with Crippen molar-refractivity contribution in [3.8, 4) is 0 Å². The van der Waals surface area contributed by atoms with Gasteiger partial charge in [0.15, 0.2) is 0 Å². The van der Waals surface area contributed by atoms with E-state index in [0.717, 1.165) is 0 Å². The summed E-state index contributed by atoms with van der Waals surface area (Å²) in [4.78, 5) is 22.9. The summed E-state index contributed by atoms with van der Waals surface area (Å²) in [5, 5.41) is 18.6. The lowest BCUT2D eigenvalue weighted by Gasteiger charge is -2.27. The molecule has 0 spiro atoms. The fourth-order valence-corrected chi connectivity index (χ4v) is 2.11. The zero-order chi connectivity index (χ0) is 13.2. The average Bonchev–Trinajstić information content (AvgIpc) is 2.39. The molecule has 0 unspecified atom stereocenters. The largest absolute Gasteiger partial charge is 0.480 e. The zero-order valence-corrected chi connectivity index (χ0v) is 9.54. The fourth-order valence-electron chi connectivity index (χ4n) is 2.11. The molecule has 4 nitrogen and oxygen atoms in total. The first-order valence-corrected chi connectivity index (χ1v) is 5.48. The molecule has 0 aromatic heterocycles. The molecule has 18 heavy (non-hydrogen) atoms. The Morgan fingerprint density at radius 1 is 1.00 bits per heavy atom. The van der Waals surface area contributed by atoms with Crippen molar-refractivity contribution in [3.05, 3.63) is 59.8 Å². The molecule has 92 valence electrons. The molecule has 0 heterocycles. The first-order valence-electron chi connectivity index (χ1n) is 5.48. The summed E-state index contributed by atoms with van der Waals surface area (Å²) < 4.78 is 0. The van der Waals surface area contributed by atoms with E-state index in [-0.39, 0.29) is 0 Å². The molecule has 2 aliphatic rings. The molecular weight excluding hydrogens is 232 g/mol. The van der Waals surface area contributed by atoms with Crippen LogP contribution in [0.2, 0.25) is 0 Å². The molecule has 0 fully saturated rings. The normalized spacial score (nSPS) is 24.2. The Kier molecular flexibility index (Phi) is 3.02. The third kappa shape index (κ3) is 1.72. The van der Waals surface area contributed by atoms with Crippen LogP contribution in [0.4, 0.5) is 0 Å². The van der Waals surface area contributed by atoms with Crippen molar-refractivity contribution < 1.29 is 19.8 Å². The van der Waals surface area contributed by atoms with Crippen LogP contribution in [0.15, 0.2) is 59.8 Å². The SMILES string of the molecule is O=C(O)C1(C(=O)O)C=CC=CC1=C1C=CC=CC1. The van der Waals surface area contributed by atoms with E-state index in [4.69, 9.17) is 0 Å². The van der Waals surface area contributed by atoms with Crippen molar-refractivity contribution in [1.29, 1.82) is 0 Å². The van der Waals surface area contributed by atoms with Crippen LogP contribution < -0.4 is 0 Å². The molecule has 0 aromatic rings. The van der Waals surface area contributed by atoms with Gasteiger partial charge in [-0.15, -0.1) is 0 Å². The van der Waals surface area contributed by atoms with Crippen molar-refractivity contribution in [2.45, 2.75) is 6.42 Å². The first-order chi connectivity index (χ1) is 8.59. The number of hydrogen-bond donors (Lipinski definition) is 2. The summed E-state index contributed by atoms with van der Waals surface area (Å²) >= 11 is 0. The molecule has 2 rings (SSSR count). The van der Waals surface area contributed by atoms with Gasteiger partial charge < -0.3 is 10.2 Å². The van der Waals surface area contributed by atoms with Crippen LogP contribution in [-0.2, 0) is 9.59 Å². The topological polar surface area (TPSA) is 74.6 Å². The monoisotopic (exact) mass is 244 g/mol. The highest BCUT2D eigenvalue weighted by Crippen LogP contribution is 2.38. The molecule has 2 aliphatic carbocycles. The third-order valence-corrected chi connectivity index (χ3v) is 3.05. The highest BCUT2D eigenvalue weighted by atomic mass is 16.4. The van der Waals surface area contributed by atoms with Gasteiger partial charge in [-0.05, 0) is 17.6 Å². The number of carboxylic acids is 2. The number of carbonyl (C=O) groups is 2. The summed E-state index contributed by atoms with van der Waals surface area (Å²) in [6, 6.07) is 0. The molecule has 0 atom stereocenters. The highest BCUT2D eigenvalue weighted by Gasteiger charge is 2.48. The van der Waals surface area contributed by atoms with Gasteiger partial charge in [0.25, 0.3) is 0 Å². The number of allylic oxidation sites excluding steroid dienone is 8. The second-order valence-corrected chi connectivity index (χ2v) is 4.07. The van der Waals surface area contributed by atoms with Gasteiger partial charge in [-0.25, -0.2) is 0 Å². The molecule has 0 saturated carbocycles. The number of rotatable bonds is 2. The van der Waals surface area contributed by atoms with E-state index in [1.54, 1.807) is 24.3 Å². The number of hydrogen-bond acceptors (Lipinski definition) is 2.